The van der Waals surface area contributed by atoms with E-state index in [4.69, 9.17) is 19.4 Å². The van der Waals surface area contributed by atoms with Crippen LogP contribution in [-0.4, -0.2) is 79.3 Å². The molecular formula is C20H28N4O7. The van der Waals surface area contributed by atoms with Crippen LogP contribution in [-0.2, 0) is 23.9 Å². The number of methoxy groups -OCH3 is 1. The van der Waals surface area contributed by atoms with Crippen molar-refractivity contribution in [1.29, 1.82) is 0 Å². The maximum atomic E-state index is 12.9. The Morgan fingerprint density at radius 2 is 1.94 bits per heavy atom. The zero-order valence-electron chi connectivity index (χ0n) is 17.7. The number of hydrogen-bond acceptors (Lipinski definition) is 7. The van der Waals surface area contributed by atoms with E-state index < -0.39 is 24.4 Å². The Hall–Kier alpha value is -3.18. The molecule has 2 heterocycles. The molecule has 2 saturated heterocycles. The lowest BCUT2D eigenvalue weighted by Crippen LogP contribution is -2.62. The highest BCUT2D eigenvalue weighted by molar-refractivity contribution is 5.99. The van der Waals surface area contributed by atoms with Gasteiger partial charge in [0, 0.05) is 5.69 Å². The van der Waals surface area contributed by atoms with Crippen molar-refractivity contribution < 1.29 is 33.8 Å². The highest BCUT2D eigenvalue weighted by Gasteiger charge is 2.47. The van der Waals surface area contributed by atoms with Crippen molar-refractivity contribution in [3.05, 3.63) is 24.3 Å². The summed E-state index contributed by atoms with van der Waals surface area (Å²) in [6, 6.07) is 5.10. The number of nitrogens with zero attached hydrogens (tertiary/aromatic N) is 1. The number of benzene rings is 1. The molecule has 1 unspecified atom stereocenters. The van der Waals surface area contributed by atoms with Crippen molar-refractivity contribution in [3.8, 4) is 5.75 Å². The number of carboxylic acid groups (broad SMARTS) is 1. The molecule has 2 aliphatic rings. The van der Waals surface area contributed by atoms with Gasteiger partial charge in [-0.15, -0.1) is 0 Å². The molecular weight excluding hydrogens is 408 g/mol. The van der Waals surface area contributed by atoms with E-state index in [1.807, 2.05) is 0 Å². The molecule has 3 rings (SSSR count). The van der Waals surface area contributed by atoms with Gasteiger partial charge in [-0.2, -0.15) is 0 Å². The van der Waals surface area contributed by atoms with Crippen LogP contribution in [0, 0.1) is 0 Å². The topological polar surface area (TPSA) is 146 Å². The number of carbonyl (C=O) groups excluding carboxylic acids is 3. The minimum atomic E-state index is -0.797. The van der Waals surface area contributed by atoms with Gasteiger partial charge in [0.15, 0.2) is 0 Å². The molecule has 0 radical (unpaired) electrons. The van der Waals surface area contributed by atoms with Crippen LogP contribution in [0.3, 0.4) is 0 Å². The molecule has 2 fully saturated rings. The van der Waals surface area contributed by atoms with E-state index in [2.05, 4.69) is 16.0 Å². The first-order chi connectivity index (χ1) is 14.9. The van der Waals surface area contributed by atoms with Crippen molar-refractivity contribution in [2.75, 3.05) is 26.1 Å². The summed E-state index contributed by atoms with van der Waals surface area (Å²) in [4.78, 5) is 47.6. The summed E-state index contributed by atoms with van der Waals surface area (Å²) < 4.78 is 10.8. The minimum absolute atomic E-state index is 0.106. The first-order valence-electron chi connectivity index (χ1n) is 9.80. The van der Waals surface area contributed by atoms with E-state index in [1.165, 1.54) is 4.90 Å². The van der Waals surface area contributed by atoms with E-state index in [0.29, 0.717) is 24.3 Å². The minimum Gasteiger partial charge on any atom is -0.497 e. The molecule has 11 nitrogen and oxygen atoms in total. The van der Waals surface area contributed by atoms with Crippen LogP contribution in [0.15, 0.2) is 24.3 Å². The molecule has 1 aromatic rings. The molecule has 0 aliphatic carbocycles. The maximum absolute atomic E-state index is 12.9. The normalized spacial score (nSPS) is 23.0. The quantitative estimate of drug-likeness (QED) is 0.448. The summed E-state index contributed by atoms with van der Waals surface area (Å²) in [5, 5.41) is 15.2. The Balaban J connectivity index is 0.00000107. The summed E-state index contributed by atoms with van der Waals surface area (Å²) in [5.74, 6) is -0.172. The Morgan fingerprint density at radius 1 is 1.29 bits per heavy atom. The lowest BCUT2D eigenvalue weighted by Gasteiger charge is -2.37. The Labute approximate surface area is 180 Å². The fourth-order valence-electron chi connectivity index (χ4n) is 3.39. The third kappa shape index (κ3) is 5.92. The van der Waals surface area contributed by atoms with Gasteiger partial charge in [-0.1, -0.05) is 0 Å². The third-order valence-electron chi connectivity index (χ3n) is 5.14. The highest BCUT2D eigenvalue weighted by Crippen LogP contribution is 2.30. The van der Waals surface area contributed by atoms with Crippen molar-refractivity contribution in [2.24, 2.45) is 0 Å². The van der Waals surface area contributed by atoms with Crippen molar-refractivity contribution in [2.45, 2.75) is 44.1 Å². The lowest BCUT2D eigenvalue weighted by atomic mass is 10.1. The highest BCUT2D eigenvalue weighted by atomic mass is 16.5. The Bertz CT molecular complexity index is 786. The number of amides is 3. The molecule has 11 heteroatoms. The number of nitrogens with one attached hydrogen (secondary N) is 3. The molecule has 31 heavy (non-hydrogen) atoms. The van der Waals surface area contributed by atoms with Crippen molar-refractivity contribution in [3.63, 3.8) is 0 Å². The van der Waals surface area contributed by atoms with E-state index in [-0.39, 0.29) is 30.8 Å². The zero-order chi connectivity index (χ0) is 23.0. The predicted molar refractivity (Wildman–Crippen MR) is 110 cm³/mol. The van der Waals surface area contributed by atoms with Gasteiger partial charge < -0.3 is 35.4 Å². The molecule has 2 aliphatic heterocycles. The van der Waals surface area contributed by atoms with Crippen LogP contribution in [0.5, 0.6) is 5.75 Å². The molecule has 0 spiro atoms. The van der Waals surface area contributed by atoms with Gasteiger partial charge in [0.05, 0.1) is 19.8 Å². The first-order valence-corrected chi connectivity index (χ1v) is 9.80. The number of likely N-dealkylation sites (N-methyl/N-ethyl adjacent to an activating group) is 1. The number of ether oxygens (including phenoxy) is 2. The second-order valence-corrected chi connectivity index (χ2v) is 7.02. The van der Waals surface area contributed by atoms with Crippen molar-refractivity contribution >= 4 is 29.9 Å². The van der Waals surface area contributed by atoms with Crippen LogP contribution in [0.1, 0.15) is 19.8 Å². The summed E-state index contributed by atoms with van der Waals surface area (Å²) in [7, 11) is 3.24. The van der Waals surface area contributed by atoms with Gasteiger partial charge in [-0.3, -0.25) is 19.2 Å². The van der Waals surface area contributed by atoms with E-state index in [0.717, 1.165) is 0 Å². The van der Waals surface area contributed by atoms with Crippen LogP contribution in [0.4, 0.5) is 5.69 Å². The maximum Gasteiger partial charge on any atom is 0.290 e. The van der Waals surface area contributed by atoms with Gasteiger partial charge in [-0.05, 0) is 51.1 Å². The van der Waals surface area contributed by atoms with Gasteiger partial charge in [0.25, 0.3) is 6.47 Å². The van der Waals surface area contributed by atoms with Gasteiger partial charge in [0.2, 0.25) is 17.7 Å². The number of hydrogen-bond donors (Lipinski definition) is 4. The largest absolute Gasteiger partial charge is 0.497 e. The average Bonchev–Trinajstić information content (AvgIpc) is 3.21. The third-order valence-corrected chi connectivity index (χ3v) is 5.14. The summed E-state index contributed by atoms with van der Waals surface area (Å²) >= 11 is 0. The molecule has 0 saturated carbocycles. The summed E-state index contributed by atoms with van der Waals surface area (Å²) in [6.45, 7) is 1.56. The molecule has 4 atom stereocenters. The van der Waals surface area contributed by atoms with Crippen LogP contribution in [0.2, 0.25) is 0 Å². The average molecular weight is 436 g/mol. The monoisotopic (exact) mass is 436 g/mol. The smallest absolute Gasteiger partial charge is 0.290 e. The standard InChI is InChI=1S/C19H26N4O5.CH2O2/c1-11(20-2)17(24)22-14-10-28-16-9-8-15(23(16)19(14)26)18(25)21-12-4-6-13(27-3)7-5-12;2-1-3/h4-7,11,14-16,20H,8-10H2,1-3H3,(H,21,25)(H,22,24);1H,(H,2,3)/t11-,14-,15?,16-;/m0./s1. The van der Waals surface area contributed by atoms with E-state index in [1.54, 1.807) is 45.3 Å². The number of anilines is 1. The number of rotatable bonds is 6. The molecule has 0 bridgehead atoms. The molecule has 170 valence electrons. The fraction of sp³-hybridized carbons (Fsp3) is 0.500. The summed E-state index contributed by atoms with van der Waals surface area (Å²) in [6.07, 6.45) is 0.653. The van der Waals surface area contributed by atoms with Crippen LogP contribution < -0.4 is 20.7 Å². The summed E-state index contributed by atoms with van der Waals surface area (Å²) in [5.41, 5.74) is 0.618. The molecule has 4 N–H and O–H groups in total. The van der Waals surface area contributed by atoms with Crippen molar-refractivity contribution in [1.82, 2.24) is 15.5 Å². The lowest BCUT2D eigenvalue weighted by molar-refractivity contribution is -0.166. The Morgan fingerprint density at radius 3 is 2.52 bits per heavy atom. The second-order valence-electron chi connectivity index (χ2n) is 7.02. The van der Waals surface area contributed by atoms with Gasteiger partial charge >= 0.3 is 0 Å². The molecule has 1 aromatic carbocycles. The second kappa shape index (κ2) is 11.3. The van der Waals surface area contributed by atoms with E-state index in [9.17, 15) is 14.4 Å². The zero-order valence-corrected chi connectivity index (χ0v) is 17.7. The van der Waals surface area contributed by atoms with Crippen LogP contribution in [0.25, 0.3) is 0 Å². The Kier molecular flexibility index (Phi) is 8.76. The number of fused-ring (bicyclic) bond motifs is 1. The molecule has 0 aromatic heterocycles. The van der Waals surface area contributed by atoms with Crippen LogP contribution >= 0.6 is 0 Å². The SMILES string of the molecule is CN[C@@H](C)C(=O)N[C@H]1CO[C@H]2CCC(C(=O)Nc3ccc(OC)cc3)N2C1=O.O=CO. The van der Waals surface area contributed by atoms with Gasteiger partial charge in [0.1, 0.15) is 24.1 Å². The predicted octanol–water partition coefficient (Wildman–Crippen LogP) is -0.225. The first kappa shape index (κ1) is 24.1. The van der Waals surface area contributed by atoms with Gasteiger partial charge in [-0.25, -0.2) is 0 Å². The number of carbonyl (C=O) groups is 4. The molecule has 3 amide bonds. The fourth-order valence-corrected chi connectivity index (χ4v) is 3.39. The van der Waals surface area contributed by atoms with E-state index >= 15 is 0 Å².